The number of Topliss-reactive ketones (excluding diaryl/α,β-unsaturated/α-hetero) is 1. The van der Waals surface area contributed by atoms with Crippen molar-refractivity contribution in [1.29, 1.82) is 0 Å². The van der Waals surface area contributed by atoms with E-state index in [9.17, 15) is 23.5 Å². The Morgan fingerprint density at radius 3 is 2.38 bits per heavy atom. The maximum absolute atomic E-state index is 13.4. The monoisotopic (exact) mass is 535 g/mol. The van der Waals surface area contributed by atoms with Crippen molar-refractivity contribution in [3.05, 3.63) is 95.1 Å². The zero-order valence-corrected chi connectivity index (χ0v) is 20.9. The van der Waals surface area contributed by atoms with Gasteiger partial charge in [0, 0.05) is 18.2 Å². The Kier molecular flexibility index (Phi) is 6.35. The van der Waals surface area contributed by atoms with Gasteiger partial charge in [0.05, 0.1) is 11.5 Å². The number of hydrogen-bond donors (Lipinski definition) is 2. The van der Waals surface area contributed by atoms with Crippen molar-refractivity contribution in [1.82, 2.24) is 5.32 Å². The van der Waals surface area contributed by atoms with Crippen LogP contribution < -0.4 is 14.8 Å². The van der Waals surface area contributed by atoms with Crippen molar-refractivity contribution in [3.8, 4) is 11.5 Å². The lowest BCUT2D eigenvalue weighted by atomic mass is 9.92. The number of halogens is 2. The number of nitrogens with one attached hydrogen (secondary N) is 1. The van der Waals surface area contributed by atoms with E-state index in [2.05, 4.69) is 14.8 Å². The second-order valence-electron chi connectivity index (χ2n) is 10.3. The Labute approximate surface area is 223 Å². The van der Waals surface area contributed by atoms with Gasteiger partial charge < -0.3 is 24.6 Å². The SMILES string of the molecule is O=C(c1ccc([C@@H]2C[C@H](NC(=O)C3(c4ccc5c(c4)OC(F)(F)O5)CC3)CCO2)cc1)C(O)c1ccccc1. The van der Waals surface area contributed by atoms with Crippen LogP contribution in [0.1, 0.15) is 64.9 Å². The van der Waals surface area contributed by atoms with E-state index >= 15 is 0 Å². The summed E-state index contributed by atoms with van der Waals surface area (Å²) in [7, 11) is 0. The molecule has 6 rings (SSSR count). The number of hydrogen-bond acceptors (Lipinski definition) is 6. The Hall–Kier alpha value is -3.82. The molecule has 0 spiro atoms. The number of ether oxygens (including phenoxy) is 3. The van der Waals surface area contributed by atoms with Crippen LogP contribution in [-0.2, 0) is 14.9 Å². The molecule has 1 saturated heterocycles. The minimum atomic E-state index is -3.70. The summed E-state index contributed by atoms with van der Waals surface area (Å²) in [6, 6.07) is 20.1. The second kappa shape index (κ2) is 9.73. The molecular weight excluding hydrogens is 508 g/mol. The molecule has 39 heavy (non-hydrogen) atoms. The van der Waals surface area contributed by atoms with Gasteiger partial charge in [0.25, 0.3) is 0 Å². The molecule has 2 heterocycles. The molecule has 1 unspecified atom stereocenters. The van der Waals surface area contributed by atoms with Crippen molar-refractivity contribution in [2.75, 3.05) is 6.61 Å². The van der Waals surface area contributed by atoms with Crippen LogP contribution >= 0.6 is 0 Å². The average molecular weight is 536 g/mol. The van der Waals surface area contributed by atoms with E-state index in [1.807, 2.05) is 18.2 Å². The highest BCUT2D eigenvalue weighted by atomic mass is 19.3. The highest BCUT2D eigenvalue weighted by Crippen LogP contribution is 2.52. The van der Waals surface area contributed by atoms with Crippen molar-refractivity contribution in [3.63, 3.8) is 0 Å². The number of aliphatic hydroxyl groups excluding tert-OH is 1. The molecule has 202 valence electrons. The molecule has 9 heteroatoms. The average Bonchev–Trinajstić information content (AvgIpc) is 3.70. The molecule has 1 aliphatic carbocycles. The summed E-state index contributed by atoms with van der Waals surface area (Å²) in [6.45, 7) is 0.453. The molecule has 0 radical (unpaired) electrons. The quantitative estimate of drug-likeness (QED) is 0.414. The number of alkyl halides is 2. The number of aliphatic hydroxyl groups is 1. The fraction of sp³-hybridized carbons (Fsp3) is 0.333. The fourth-order valence-corrected chi connectivity index (χ4v) is 5.31. The number of rotatable bonds is 7. The van der Waals surface area contributed by atoms with Gasteiger partial charge in [-0.2, -0.15) is 0 Å². The Balaban J connectivity index is 1.09. The largest absolute Gasteiger partial charge is 0.586 e. The van der Waals surface area contributed by atoms with Gasteiger partial charge in [-0.3, -0.25) is 9.59 Å². The maximum Gasteiger partial charge on any atom is 0.586 e. The topological polar surface area (TPSA) is 94.1 Å². The lowest BCUT2D eigenvalue weighted by molar-refractivity contribution is -0.286. The van der Waals surface area contributed by atoms with Crippen molar-refractivity contribution in [2.24, 2.45) is 0 Å². The maximum atomic E-state index is 13.4. The molecule has 0 bridgehead atoms. The van der Waals surface area contributed by atoms with Crippen molar-refractivity contribution >= 4 is 11.7 Å². The lowest BCUT2D eigenvalue weighted by Crippen LogP contribution is -2.44. The first-order valence-corrected chi connectivity index (χ1v) is 12.9. The molecule has 3 aromatic carbocycles. The molecular formula is C30H27F2NO6. The summed E-state index contributed by atoms with van der Waals surface area (Å²) in [5, 5.41) is 13.6. The molecule has 2 aliphatic heterocycles. The standard InChI is InChI=1S/C30H27F2NO6/c31-30(32)38-23-11-10-21(16-25(23)39-30)29(13-14-29)28(36)33-22-12-15-37-24(17-22)18-6-8-20(9-7-18)27(35)26(34)19-4-2-1-3-5-19/h1-11,16,22,24,26,34H,12-15,17H2,(H,33,36)/t22-,24+,26?/m1/s1. The fourth-order valence-electron chi connectivity index (χ4n) is 5.31. The summed E-state index contributed by atoms with van der Waals surface area (Å²) in [4.78, 5) is 26.1. The van der Waals surface area contributed by atoms with E-state index in [0.717, 1.165) is 5.56 Å². The van der Waals surface area contributed by atoms with E-state index in [4.69, 9.17) is 4.74 Å². The predicted molar refractivity (Wildman–Crippen MR) is 136 cm³/mol. The summed E-state index contributed by atoms with van der Waals surface area (Å²) in [5.41, 5.74) is 1.66. The summed E-state index contributed by atoms with van der Waals surface area (Å²) in [5.74, 6) is -0.644. The summed E-state index contributed by atoms with van der Waals surface area (Å²) < 4.78 is 41.9. The van der Waals surface area contributed by atoms with Gasteiger partial charge in [-0.15, -0.1) is 8.78 Å². The van der Waals surface area contributed by atoms with E-state index in [-0.39, 0.29) is 35.3 Å². The van der Waals surface area contributed by atoms with Gasteiger partial charge in [0.2, 0.25) is 5.91 Å². The van der Waals surface area contributed by atoms with E-state index in [1.165, 1.54) is 12.1 Å². The number of benzene rings is 3. The Morgan fingerprint density at radius 2 is 1.67 bits per heavy atom. The van der Waals surface area contributed by atoms with Gasteiger partial charge >= 0.3 is 6.29 Å². The van der Waals surface area contributed by atoms with Gasteiger partial charge in [-0.25, -0.2) is 0 Å². The number of amides is 1. The number of carbonyl (C=O) groups is 2. The van der Waals surface area contributed by atoms with Gasteiger partial charge in [0.15, 0.2) is 17.3 Å². The number of fused-ring (bicyclic) bond motifs is 1. The van der Waals surface area contributed by atoms with Crippen molar-refractivity contribution < 1.29 is 37.7 Å². The van der Waals surface area contributed by atoms with E-state index < -0.39 is 17.8 Å². The summed E-state index contributed by atoms with van der Waals surface area (Å²) >= 11 is 0. The van der Waals surface area contributed by atoms with Crippen molar-refractivity contribution in [2.45, 2.75) is 55.6 Å². The molecule has 1 saturated carbocycles. The van der Waals surface area contributed by atoms with Crippen LogP contribution in [0.4, 0.5) is 8.78 Å². The minimum absolute atomic E-state index is 0.0467. The lowest BCUT2D eigenvalue weighted by Gasteiger charge is -2.31. The van der Waals surface area contributed by atoms with Crippen LogP contribution in [0.15, 0.2) is 72.8 Å². The van der Waals surface area contributed by atoms with Crippen LogP contribution in [-0.4, -0.2) is 35.7 Å². The Morgan fingerprint density at radius 1 is 0.949 bits per heavy atom. The third kappa shape index (κ3) is 4.99. The van der Waals surface area contributed by atoms with Crippen LogP contribution in [0.25, 0.3) is 0 Å². The third-order valence-corrected chi connectivity index (χ3v) is 7.69. The molecule has 7 nitrogen and oxygen atoms in total. The molecule has 3 aliphatic rings. The first kappa shape index (κ1) is 25.5. The smallest absolute Gasteiger partial charge is 0.395 e. The van der Waals surface area contributed by atoms with Crippen LogP contribution in [0.5, 0.6) is 11.5 Å². The Bertz CT molecular complexity index is 1390. The first-order chi connectivity index (χ1) is 18.7. The molecule has 2 fully saturated rings. The molecule has 3 aromatic rings. The molecule has 3 atom stereocenters. The number of ketones is 1. The second-order valence-corrected chi connectivity index (χ2v) is 10.3. The van der Waals surface area contributed by atoms with Gasteiger partial charge in [0.1, 0.15) is 6.10 Å². The molecule has 0 aromatic heterocycles. The minimum Gasteiger partial charge on any atom is -0.395 e. The number of carbonyl (C=O) groups excluding carboxylic acids is 2. The summed E-state index contributed by atoms with van der Waals surface area (Å²) in [6.07, 6.45) is -2.78. The first-order valence-electron chi connectivity index (χ1n) is 12.9. The van der Waals surface area contributed by atoms with Gasteiger partial charge in [-0.1, -0.05) is 60.7 Å². The third-order valence-electron chi connectivity index (χ3n) is 7.69. The van der Waals surface area contributed by atoms with Crippen LogP contribution in [0.3, 0.4) is 0 Å². The zero-order chi connectivity index (χ0) is 27.2. The van der Waals surface area contributed by atoms with E-state index in [0.29, 0.717) is 49.0 Å². The van der Waals surface area contributed by atoms with Crippen LogP contribution in [0.2, 0.25) is 0 Å². The highest BCUT2D eigenvalue weighted by molar-refractivity contribution is 5.99. The highest BCUT2D eigenvalue weighted by Gasteiger charge is 2.53. The molecule has 1 amide bonds. The normalized spacial score (nSPS) is 23.1. The van der Waals surface area contributed by atoms with Crippen LogP contribution in [0, 0.1) is 0 Å². The molecule has 2 N–H and O–H groups in total. The van der Waals surface area contributed by atoms with Gasteiger partial charge in [-0.05, 0) is 54.5 Å². The zero-order valence-electron chi connectivity index (χ0n) is 20.9. The predicted octanol–water partition coefficient (Wildman–Crippen LogP) is 4.99. The van der Waals surface area contributed by atoms with E-state index in [1.54, 1.807) is 42.5 Å².